The molecule has 3 aromatic heterocycles. The monoisotopic (exact) mass is 411 g/mol. The number of hydrogen-bond acceptors (Lipinski definition) is 5. The number of anilines is 1. The van der Waals surface area contributed by atoms with Crippen molar-refractivity contribution in [2.24, 2.45) is 5.41 Å². The summed E-state index contributed by atoms with van der Waals surface area (Å²) in [4.78, 5) is 24.5. The van der Waals surface area contributed by atoms with Crippen LogP contribution in [0.2, 0.25) is 0 Å². The highest BCUT2D eigenvalue weighted by molar-refractivity contribution is 9.10. The van der Waals surface area contributed by atoms with Crippen molar-refractivity contribution in [1.82, 2.24) is 19.6 Å². The molecule has 6 nitrogen and oxygen atoms in total. The van der Waals surface area contributed by atoms with E-state index in [4.69, 9.17) is 4.98 Å². The van der Waals surface area contributed by atoms with Crippen LogP contribution in [0.15, 0.2) is 35.2 Å². The fourth-order valence-electron chi connectivity index (χ4n) is 4.30. The second-order valence-electron chi connectivity index (χ2n) is 7.21. The molecule has 1 aliphatic carbocycles. The van der Waals surface area contributed by atoms with Gasteiger partial charge in [0.2, 0.25) is 0 Å². The van der Waals surface area contributed by atoms with E-state index in [0.717, 1.165) is 65.2 Å². The summed E-state index contributed by atoms with van der Waals surface area (Å²) in [6.07, 6.45) is 6.01. The van der Waals surface area contributed by atoms with Crippen molar-refractivity contribution in [2.75, 3.05) is 18.0 Å². The van der Waals surface area contributed by atoms with Crippen molar-refractivity contribution in [2.45, 2.75) is 26.2 Å². The van der Waals surface area contributed by atoms with Crippen LogP contribution in [0.5, 0.6) is 0 Å². The van der Waals surface area contributed by atoms with Crippen LogP contribution in [0.25, 0.3) is 5.52 Å². The van der Waals surface area contributed by atoms with E-state index in [1.54, 1.807) is 12.4 Å². The molecule has 0 bridgehead atoms. The molecule has 2 aliphatic rings. The summed E-state index contributed by atoms with van der Waals surface area (Å²) in [5.41, 5.74) is 3.39. The third-order valence-electron chi connectivity index (χ3n) is 5.77. The second kappa shape index (κ2) is 5.61. The highest BCUT2D eigenvalue weighted by Crippen LogP contribution is 2.44. The van der Waals surface area contributed by atoms with E-state index in [9.17, 15) is 4.79 Å². The topological polar surface area (TPSA) is 63.4 Å². The number of pyridine rings is 1. The van der Waals surface area contributed by atoms with E-state index < -0.39 is 0 Å². The van der Waals surface area contributed by atoms with Crippen molar-refractivity contribution in [1.29, 1.82) is 0 Å². The summed E-state index contributed by atoms with van der Waals surface area (Å²) in [7, 11) is 0. The minimum Gasteiger partial charge on any atom is -0.355 e. The van der Waals surface area contributed by atoms with Gasteiger partial charge in [-0.25, -0.2) is 9.50 Å². The Balaban J connectivity index is 1.45. The van der Waals surface area contributed by atoms with Gasteiger partial charge in [0.05, 0.1) is 17.6 Å². The zero-order valence-electron chi connectivity index (χ0n) is 14.4. The minimum atomic E-state index is -0.284. The van der Waals surface area contributed by atoms with Crippen LogP contribution in [-0.4, -0.2) is 38.5 Å². The van der Waals surface area contributed by atoms with Crippen LogP contribution in [0.1, 0.15) is 34.6 Å². The summed E-state index contributed by atoms with van der Waals surface area (Å²) >= 11 is 3.56. The van der Waals surface area contributed by atoms with E-state index >= 15 is 0 Å². The molecule has 132 valence electrons. The highest BCUT2D eigenvalue weighted by Gasteiger charge is 2.47. The standard InChI is InChI=1S/C19H18BrN5O/c1-12-17(20)25-15(4-8-22-25)18(23-12)24-9-5-19(6-10-24)11-14-13(16(19)26)3-2-7-21-14/h2-4,7-8H,5-6,9-11H2,1H3. The largest absolute Gasteiger partial charge is 0.355 e. The van der Waals surface area contributed by atoms with Crippen LogP contribution >= 0.6 is 15.9 Å². The zero-order valence-corrected chi connectivity index (χ0v) is 16.0. The van der Waals surface area contributed by atoms with Crippen LogP contribution in [0, 0.1) is 12.3 Å². The third kappa shape index (κ3) is 2.16. The Morgan fingerprint density at radius 2 is 2.00 bits per heavy atom. The zero-order chi connectivity index (χ0) is 17.9. The van der Waals surface area contributed by atoms with Gasteiger partial charge in [-0.15, -0.1) is 0 Å². The number of aryl methyl sites for hydroxylation is 1. The molecule has 0 radical (unpaired) electrons. The highest BCUT2D eigenvalue weighted by atomic mass is 79.9. The predicted octanol–water partition coefficient (Wildman–Crippen LogP) is 3.22. The maximum atomic E-state index is 13.0. The van der Waals surface area contributed by atoms with Gasteiger partial charge < -0.3 is 4.90 Å². The van der Waals surface area contributed by atoms with Crippen LogP contribution in [0.4, 0.5) is 5.82 Å². The Morgan fingerprint density at radius 3 is 2.77 bits per heavy atom. The first kappa shape index (κ1) is 15.9. The number of carbonyl (C=O) groups excluding carboxylic acids is 1. The molecule has 3 aromatic rings. The molecule has 0 N–H and O–H groups in total. The Kier molecular flexibility index (Phi) is 3.44. The molecule has 4 heterocycles. The second-order valence-corrected chi connectivity index (χ2v) is 7.96. The summed E-state index contributed by atoms with van der Waals surface area (Å²) < 4.78 is 2.75. The molecule has 0 aromatic carbocycles. The smallest absolute Gasteiger partial charge is 0.171 e. The van der Waals surface area contributed by atoms with Crippen molar-refractivity contribution >= 4 is 33.0 Å². The summed E-state index contributed by atoms with van der Waals surface area (Å²) in [5.74, 6) is 1.22. The average molecular weight is 412 g/mol. The maximum Gasteiger partial charge on any atom is 0.171 e. The number of fused-ring (bicyclic) bond motifs is 2. The van der Waals surface area contributed by atoms with Gasteiger partial charge >= 0.3 is 0 Å². The van der Waals surface area contributed by atoms with Crippen LogP contribution in [0.3, 0.4) is 0 Å². The molecule has 0 amide bonds. The van der Waals surface area contributed by atoms with Crippen molar-refractivity contribution in [3.05, 3.63) is 52.1 Å². The first-order chi connectivity index (χ1) is 12.6. The van der Waals surface area contributed by atoms with Crippen molar-refractivity contribution in [3.63, 3.8) is 0 Å². The van der Waals surface area contributed by atoms with Gasteiger partial charge in [0.25, 0.3) is 0 Å². The van der Waals surface area contributed by atoms with Gasteiger partial charge in [-0.3, -0.25) is 9.78 Å². The molecule has 0 saturated carbocycles. The Morgan fingerprint density at radius 1 is 1.19 bits per heavy atom. The lowest BCUT2D eigenvalue weighted by molar-refractivity contribution is 0.0774. The number of rotatable bonds is 1. The average Bonchev–Trinajstić information content (AvgIpc) is 3.24. The molecule has 5 rings (SSSR count). The van der Waals surface area contributed by atoms with Gasteiger partial charge in [-0.1, -0.05) is 0 Å². The Labute approximate surface area is 159 Å². The number of carbonyl (C=O) groups is 1. The fraction of sp³-hybridized carbons (Fsp3) is 0.368. The number of Topliss-reactive ketones (excluding diaryl/α,β-unsaturated/α-hetero) is 1. The maximum absolute atomic E-state index is 13.0. The summed E-state index contributed by atoms with van der Waals surface area (Å²) in [6.45, 7) is 3.60. The van der Waals surface area contributed by atoms with Crippen molar-refractivity contribution < 1.29 is 4.79 Å². The van der Waals surface area contributed by atoms with Crippen LogP contribution < -0.4 is 4.90 Å². The molecular formula is C19H18BrN5O. The molecule has 0 unspecified atom stereocenters. The summed E-state index contributed by atoms with van der Waals surface area (Å²) in [6, 6.07) is 5.76. The number of piperidine rings is 1. The molecule has 7 heteroatoms. The number of halogens is 1. The number of aromatic nitrogens is 4. The Hall–Kier alpha value is -2.28. The molecule has 1 saturated heterocycles. The van der Waals surface area contributed by atoms with Gasteiger partial charge in [-0.2, -0.15) is 5.10 Å². The van der Waals surface area contributed by atoms with Gasteiger partial charge in [0.1, 0.15) is 10.1 Å². The SMILES string of the molecule is Cc1nc(N2CCC3(CC2)Cc2ncccc2C3=O)c2ccnn2c1Br. The van der Waals surface area contributed by atoms with Crippen LogP contribution in [-0.2, 0) is 6.42 Å². The Bertz CT molecular complexity index is 1040. The molecule has 26 heavy (non-hydrogen) atoms. The molecule has 1 fully saturated rings. The first-order valence-corrected chi connectivity index (χ1v) is 9.62. The van der Waals surface area contributed by atoms with Crippen molar-refractivity contribution in [3.8, 4) is 0 Å². The lowest BCUT2D eigenvalue weighted by Crippen LogP contribution is -2.43. The van der Waals surface area contributed by atoms with E-state index in [-0.39, 0.29) is 11.2 Å². The lowest BCUT2D eigenvalue weighted by atomic mass is 9.75. The molecule has 1 aliphatic heterocycles. The normalized spacial score (nSPS) is 18.7. The van der Waals surface area contributed by atoms with E-state index in [1.807, 2.05) is 29.6 Å². The molecule has 0 atom stereocenters. The third-order valence-corrected chi connectivity index (χ3v) is 6.68. The number of nitrogens with zero attached hydrogens (tertiary/aromatic N) is 5. The van der Waals surface area contributed by atoms with Gasteiger partial charge in [0, 0.05) is 36.7 Å². The number of hydrogen-bond donors (Lipinski definition) is 0. The van der Waals surface area contributed by atoms with E-state index in [2.05, 4.69) is 30.9 Å². The molecular weight excluding hydrogens is 394 g/mol. The predicted molar refractivity (Wildman–Crippen MR) is 102 cm³/mol. The number of ketones is 1. The minimum absolute atomic E-state index is 0.273. The quantitative estimate of drug-likeness (QED) is 0.614. The van der Waals surface area contributed by atoms with Gasteiger partial charge in [0.15, 0.2) is 11.6 Å². The van der Waals surface area contributed by atoms with E-state index in [0.29, 0.717) is 0 Å². The van der Waals surface area contributed by atoms with E-state index in [1.165, 1.54) is 0 Å². The lowest BCUT2D eigenvalue weighted by Gasteiger charge is -2.38. The summed E-state index contributed by atoms with van der Waals surface area (Å²) in [5, 5.41) is 4.39. The fourth-order valence-corrected chi connectivity index (χ4v) is 4.67. The first-order valence-electron chi connectivity index (χ1n) is 8.83. The van der Waals surface area contributed by atoms with Gasteiger partial charge in [-0.05, 0) is 53.9 Å². The molecule has 1 spiro atoms.